The number of rotatable bonds is 4. The molecule has 196 valence electrons. The Balaban J connectivity index is 1.43. The third kappa shape index (κ3) is 4.56. The molecule has 9 heteroatoms. The number of nitrogens with one attached hydrogen (secondary N) is 2. The SMILES string of the molecule is CC1(C)COc2c(C(=O)N[C@H]3N=C(c4ccccc4)c4ccccc4NC3=O)c(-c3ccccc3F)nn2C1. The van der Waals surface area contributed by atoms with E-state index in [-0.39, 0.29) is 28.1 Å². The van der Waals surface area contributed by atoms with Crippen LogP contribution >= 0.6 is 0 Å². The van der Waals surface area contributed by atoms with E-state index in [4.69, 9.17) is 9.73 Å². The Morgan fingerprint density at radius 2 is 1.72 bits per heavy atom. The van der Waals surface area contributed by atoms with Crippen LogP contribution in [0.1, 0.15) is 35.3 Å². The van der Waals surface area contributed by atoms with E-state index in [0.29, 0.717) is 24.6 Å². The summed E-state index contributed by atoms with van der Waals surface area (Å²) >= 11 is 0. The van der Waals surface area contributed by atoms with Gasteiger partial charge in [-0.05, 0) is 18.2 Å². The van der Waals surface area contributed by atoms with Crippen LogP contribution in [-0.4, -0.2) is 40.1 Å². The van der Waals surface area contributed by atoms with Gasteiger partial charge in [-0.2, -0.15) is 5.10 Å². The number of fused-ring (bicyclic) bond motifs is 2. The van der Waals surface area contributed by atoms with Crippen LogP contribution < -0.4 is 15.4 Å². The maximum atomic E-state index is 14.9. The normalized spacial score (nSPS) is 17.6. The fourth-order valence-corrected chi connectivity index (χ4v) is 4.84. The lowest BCUT2D eigenvalue weighted by molar-refractivity contribution is -0.117. The Morgan fingerprint density at radius 3 is 2.49 bits per heavy atom. The van der Waals surface area contributed by atoms with Gasteiger partial charge in [-0.25, -0.2) is 14.1 Å². The predicted octanol–water partition coefficient (Wildman–Crippen LogP) is 4.65. The molecule has 2 aliphatic heterocycles. The molecule has 0 spiro atoms. The summed E-state index contributed by atoms with van der Waals surface area (Å²) in [6, 6.07) is 22.9. The minimum absolute atomic E-state index is 0.0571. The average molecular weight is 524 g/mol. The Hall–Kier alpha value is -4.79. The molecule has 6 rings (SSSR count). The lowest BCUT2D eigenvalue weighted by Crippen LogP contribution is -2.42. The minimum atomic E-state index is -1.26. The molecule has 0 aliphatic carbocycles. The molecular weight excluding hydrogens is 497 g/mol. The van der Waals surface area contributed by atoms with Gasteiger partial charge in [-0.1, -0.05) is 74.5 Å². The first-order valence-electron chi connectivity index (χ1n) is 12.6. The number of carbonyl (C=O) groups is 2. The number of aromatic nitrogens is 2. The Bertz CT molecular complexity index is 1630. The van der Waals surface area contributed by atoms with Gasteiger partial charge in [0.1, 0.15) is 17.1 Å². The lowest BCUT2D eigenvalue weighted by Gasteiger charge is -2.30. The van der Waals surface area contributed by atoms with E-state index in [1.54, 1.807) is 28.9 Å². The highest BCUT2D eigenvalue weighted by Gasteiger charge is 2.36. The number of ether oxygens (including phenoxy) is 1. The molecule has 0 saturated heterocycles. The van der Waals surface area contributed by atoms with Crippen molar-refractivity contribution in [3.05, 3.63) is 101 Å². The van der Waals surface area contributed by atoms with Crippen molar-refractivity contribution in [1.29, 1.82) is 0 Å². The summed E-state index contributed by atoms with van der Waals surface area (Å²) in [6.45, 7) is 4.87. The molecule has 2 aliphatic rings. The zero-order chi connectivity index (χ0) is 27.1. The van der Waals surface area contributed by atoms with Crippen molar-refractivity contribution in [1.82, 2.24) is 15.1 Å². The van der Waals surface area contributed by atoms with Gasteiger partial charge in [0.05, 0.1) is 24.6 Å². The molecule has 1 aromatic heterocycles. The number of hydrogen-bond donors (Lipinski definition) is 2. The van der Waals surface area contributed by atoms with Crippen molar-refractivity contribution in [2.24, 2.45) is 10.4 Å². The number of carbonyl (C=O) groups excluding carboxylic acids is 2. The first-order chi connectivity index (χ1) is 18.8. The van der Waals surface area contributed by atoms with Crippen LogP contribution in [0.2, 0.25) is 0 Å². The van der Waals surface area contributed by atoms with Crippen molar-refractivity contribution >= 4 is 23.2 Å². The van der Waals surface area contributed by atoms with Gasteiger partial charge >= 0.3 is 0 Å². The third-order valence-electron chi connectivity index (χ3n) is 6.70. The quantitative estimate of drug-likeness (QED) is 0.407. The molecule has 4 aromatic rings. The topological polar surface area (TPSA) is 97.6 Å². The van der Waals surface area contributed by atoms with Crippen LogP contribution in [0.3, 0.4) is 0 Å². The second-order valence-electron chi connectivity index (χ2n) is 10.4. The van der Waals surface area contributed by atoms with Crippen LogP contribution in [0.25, 0.3) is 11.3 Å². The number of aliphatic imine (C=N–C) groups is 1. The number of benzodiazepines with no additional fused rings is 1. The lowest BCUT2D eigenvalue weighted by atomic mass is 9.94. The van der Waals surface area contributed by atoms with Gasteiger partial charge in [0.2, 0.25) is 12.0 Å². The van der Waals surface area contributed by atoms with Crippen LogP contribution in [0.4, 0.5) is 10.1 Å². The zero-order valence-electron chi connectivity index (χ0n) is 21.4. The highest BCUT2D eigenvalue weighted by atomic mass is 19.1. The zero-order valence-corrected chi connectivity index (χ0v) is 21.4. The van der Waals surface area contributed by atoms with Gasteiger partial charge in [0.25, 0.3) is 11.8 Å². The van der Waals surface area contributed by atoms with Crippen molar-refractivity contribution in [2.45, 2.75) is 26.6 Å². The van der Waals surface area contributed by atoms with E-state index in [1.807, 2.05) is 62.4 Å². The van der Waals surface area contributed by atoms with Crippen LogP contribution in [-0.2, 0) is 11.3 Å². The standard InChI is InChI=1S/C30H26FN5O3/c1-30(2)16-36-29(39-17-30)23(25(35-36)19-12-6-8-14-21(19)31)27(37)34-26-28(38)32-22-15-9-7-13-20(22)24(33-26)18-10-4-3-5-11-18/h3-15,26H,16-17H2,1-2H3,(H,32,38)(H,34,37)/t26-/m1/s1. The fourth-order valence-electron chi connectivity index (χ4n) is 4.84. The fraction of sp³-hybridized carbons (Fsp3) is 0.200. The van der Waals surface area contributed by atoms with E-state index in [9.17, 15) is 14.0 Å². The van der Waals surface area contributed by atoms with Crippen molar-refractivity contribution < 1.29 is 18.7 Å². The van der Waals surface area contributed by atoms with Gasteiger partial charge in [-0.3, -0.25) is 9.59 Å². The number of hydrogen-bond acceptors (Lipinski definition) is 5. The van der Waals surface area contributed by atoms with Gasteiger partial charge in [0.15, 0.2) is 0 Å². The van der Waals surface area contributed by atoms with Crippen molar-refractivity contribution in [3.8, 4) is 17.1 Å². The predicted molar refractivity (Wildman–Crippen MR) is 145 cm³/mol. The number of halogens is 1. The highest BCUT2D eigenvalue weighted by Crippen LogP contribution is 2.37. The van der Waals surface area contributed by atoms with Crippen LogP contribution in [0.5, 0.6) is 5.88 Å². The molecule has 39 heavy (non-hydrogen) atoms. The summed E-state index contributed by atoms with van der Waals surface area (Å²) in [4.78, 5) is 31.9. The molecule has 0 unspecified atom stereocenters. The molecular formula is C30H26FN5O3. The smallest absolute Gasteiger partial charge is 0.269 e. The van der Waals surface area contributed by atoms with E-state index < -0.39 is 23.8 Å². The van der Waals surface area contributed by atoms with Gasteiger partial charge < -0.3 is 15.4 Å². The molecule has 3 aromatic carbocycles. The monoisotopic (exact) mass is 523 g/mol. The van der Waals surface area contributed by atoms with Crippen LogP contribution in [0.15, 0.2) is 83.9 Å². The molecule has 0 bridgehead atoms. The average Bonchev–Trinajstić information content (AvgIpc) is 3.22. The molecule has 8 nitrogen and oxygen atoms in total. The minimum Gasteiger partial charge on any atom is -0.477 e. The molecule has 0 saturated carbocycles. The van der Waals surface area contributed by atoms with E-state index in [0.717, 1.165) is 11.1 Å². The second-order valence-corrected chi connectivity index (χ2v) is 10.4. The summed E-state index contributed by atoms with van der Waals surface area (Å²) in [5.41, 5.74) is 2.79. The third-order valence-corrected chi connectivity index (χ3v) is 6.70. The molecule has 0 fully saturated rings. The Morgan fingerprint density at radius 1 is 1.03 bits per heavy atom. The summed E-state index contributed by atoms with van der Waals surface area (Å²) < 4.78 is 22.5. The summed E-state index contributed by atoms with van der Waals surface area (Å²) in [6.07, 6.45) is -1.26. The Kier molecular flexibility index (Phi) is 5.98. The van der Waals surface area contributed by atoms with Crippen molar-refractivity contribution in [3.63, 3.8) is 0 Å². The van der Waals surface area contributed by atoms with E-state index in [2.05, 4.69) is 15.7 Å². The molecule has 2 N–H and O–H groups in total. The molecule has 2 amide bonds. The van der Waals surface area contributed by atoms with Gasteiger partial charge in [-0.15, -0.1) is 0 Å². The van der Waals surface area contributed by atoms with E-state index in [1.165, 1.54) is 6.07 Å². The highest BCUT2D eigenvalue weighted by molar-refractivity contribution is 6.20. The number of benzene rings is 3. The summed E-state index contributed by atoms with van der Waals surface area (Å²) in [5, 5.41) is 10.2. The van der Waals surface area contributed by atoms with E-state index >= 15 is 0 Å². The van der Waals surface area contributed by atoms with Crippen molar-refractivity contribution in [2.75, 3.05) is 11.9 Å². The number of para-hydroxylation sites is 1. The van der Waals surface area contributed by atoms with Gasteiger partial charge in [0, 0.05) is 22.1 Å². The summed E-state index contributed by atoms with van der Waals surface area (Å²) in [7, 11) is 0. The van der Waals surface area contributed by atoms with Crippen LogP contribution in [0, 0.1) is 11.2 Å². The number of nitrogens with zero attached hydrogens (tertiary/aromatic N) is 3. The maximum absolute atomic E-state index is 14.9. The largest absolute Gasteiger partial charge is 0.477 e. The number of anilines is 1. The Labute approximate surface area is 224 Å². The molecule has 3 heterocycles. The summed E-state index contributed by atoms with van der Waals surface area (Å²) in [5.74, 6) is -1.43. The molecule has 0 radical (unpaired) electrons. The first kappa shape index (κ1) is 24.5. The number of amides is 2. The second kappa shape index (κ2) is 9.50. The maximum Gasteiger partial charge on any atom is 0.269 e. The molecule has 1 atom stereocenters. The first-order valence-corrected chi connectivity index (χ1v) is 12.6.